The van der Waals surface area contributed by atoms with Crippen LogP contribution in [0.1, 0.15) is 25.3 Å². The second-order valence-corrected chi connectivity index (χ2v) is 5.31. The number of rotatable bonds is 5. The minimum absolute atomic E-state index is 0.182. The summed E-state index contributed by atoms with van der Waals surface area (Å²) in [5.41, 5.74) is 6.72. The Kier molecular flexibility index (Phi) is 3.98. The molecule has 2 atom stereocenters. The van der Waals surface area contributed by atoms with Crippen LogP contribution in [0.4, 0.5) is 0 Å². The molecule has 2 N–H and O–H groups in total. The lowest BCUT2D eigenvalue weighted by molar-refractivity contribution is 0.0262. The highest BCUT2D eigenvalue weighted by atomic mass is 16.7. The molecular weight excluding hydrogens is 258 g/mol. The molecule has 1 aromatic rings. The first kappa shape index (κ1) is 13.5. The molecule has 5 nitrogen and oxygen atoms in total. The molecule has 110 valence electrons. The summed E-state index contributed by atoms with van der Waals surface area (Å²) >= 11 is 0. The standard InChI is InChI=1S/C15H21NO4/c1-10-2-3-12(20-10)8-17-13-7-15-14(18-9-19-15)6-11(13)4-5-16/h6-7,10,12H,2-5,8-9,16H2,1H3. The molecule has 1 fully saturated rings. The fourth-order valence-corrected chi connectivity index (χ4v) is 2.64. The Hall–Kier alpha value is -1.46. The second-order valence-electron chi connectivity index (χ2n) is 5.31. The van der Waals surface area contributed by atoms with Crippen molar-refractivity contribution in [3.8, 4) is 17.2 Å². The van der Waals surface area contributed by atoms with Gasteiger partial charge in [0.2, 0.25) is 6.79 Å². The van der Waals surface area contributed by atoms with Crippen molar-refractivity contribution in [1.82, 2.24) is 0 Å². The maximum Gasteiger partial charge on any atom is 0.231 e. The van der Waals surface area contributed by atoms with E-state index in [0.717, 1.165) is 42.1 Å². The summed E-state index contributed by atoms with van der Waals surface area (Å²) in [7, 11) is 0. The van der Waals surface area contributed by atoms with Gasteiger partial charge in [-0.05, 0) is 44.4 Å². The van der Waals surface area contributed by atoms with E-state index in [-0.39, 0.29) is 12.9 Å². The van der Waals surface area contributed by atoms with Crippen LogP contribution in [0.3, 0.4) is 0 Å². The number of benzene rings is 1. The maximum atomic E-state index is 5.93. The number of hydrogen-bond acceptors (Lipinski definition) is 5. The van der Waals surface area contributed by atoms with Crippen LogP contribution in [0.5, 0.6) is 17.2 Å². The van der Waals surface area contributed by atoms with Crippen LogP contribution < -0.4 is 19.9 Å². The molecular formula is C15H21NO4. The smallest absolute Gasteiger partial charge is 0.231 e. The van der Waals surface area contributed by atoms with Crippen LogP contribution in [-0.2, 0) is 11.2 Å². The zero-order chi connectivity index (χ0) is 13.9. The van der Waals surface area contributed by atoms with Crippen molar-refractivity contribution in [2.24, 2.45) is 5.73 Å². The summed E-state index contributed by atoms with van der Waals surface area (Å²) in [6, 6.07) is 3.86. The van der Waals surface area contributed by atoms with Gasteiger partial charge in [0.25, 0.3) is 0 Å². The van der Waals surface area contributed by atoms with Crippen molar-refractivity contribution in [1.29, 1.82) is 0 Å². The molecule has 2 heterocycles. The van der Waals surface area contributed by atoms with Gasteiger partial charge in [-0.1, -0.05) is 0 Å². The van der Waals surface area contributed by atoms with E-state index >= 15 is 0 Å². The third-order valence-corrected chi connectivity index (χ3v) is 3.71. The van der Waals surface area contributed by atoms with Gasteiger partial charge in [0.05, 0.1) is 12.2 Å². The van der Waals surface area contributed by atoms with Gasteiger partial charge in [-0.15, -0.1) is 0 Å². The van der Waals surface area contributed by atoms with Gasteiger partial charge < -0.3 is 24.7 Å². The predicted octanol–water partition coefficient (Wildman–Crippen LogP) is 1.86. The first-order valence-corrected chi connectivity index (χ1v) is 7.17. The Bertz CT molecular complexity index is 477. The Morgan fingerprint density at radius 2 is 2.05 bits per heavy atom. The lowest BCUT2D eigenvalue weighted by Gasteiger charge is -2.16. The molecule has 1 aromatic carbocycles. The van der Waals surface area contributed by atoms with Crippen LogP contribution in [0, 0.1) is 0 Å². The van der Waals surface area contributed by atoms with Gasteiger partial charge in [0.15, 0.2) is 11.5 Å². The molecule has 0 radical (unpaired) electrons. The number of ether oxygens (including phenoxy) is 4. The van der Waals surface area contributed by atoms with Gasteiger partial charge in [-0.2, -0.15) is 0 Å². The molecule has 0 aliphatic carbocycles. The molecule has 2 aliphatic heterocycles. The quantitative estimate of drug-likeness (QED) is 0.891. The molecule has 0 bridgehead atoms. The van der Waals surface area contributed by atoms with E-state index in [2.05, 4.69) is 6.92 Å². The average molecular weight is 279 g/mol. The number of hydrogen-bond donors (Lipinski definition) is 1. The van der Waals surface area contributed by atoms with Gasteiger partial charge in [-0.3, -0.25) is 0 Å². The Morgan fingerprint density at radius 1 is 1.25 bits per heavy atom. The van der Waals surface area contributed by atoms with E-state index in [0.29, 0.717) is 19.3 Å². The molecule has 0 aromatic heterocycles. The van der Waals surface area contributed by atoms with Crippen molar-refractivity contribution < 1.29 is 18.9 Å². The third kappa shape index (κ3) is 2.83. The Morgan fingerprint density at radius 3 is 2.75 bits per heavy atom. The largest absolute Gasteiger partial charge is 0.490 e. The first-order valence-electron chi connectivity index (χ1n) is 7.17. The van der Waals surface area contributed by atoms with Gasteiger partial charge >= 0.3 is 0 Å². The summed E-state index contributed by atoms with van der Waals surface area (Å²) in [5.74, 6) is 2.33. The lowest BCUT2D eigenvalue weighted by atomic mass is 10.1. The average Bonchev–Trinajstić information content (AvgIpc) is 3.04. The molecule has 0 spiro atoms. The van der Waals surface area contributed by atoms with Crippen LogP contribution in [-0.4, -0.2) is 32.2 Å². The molecule has 20 heavy (non-hydrogen) atoms. The summed E-state index contributed by atoms with van der Waals surface area (Å²) < 4.78 is 22.5. The number of nitrogens with two attached hydrogens (primary N) is 1. The van der Waals surface area contributed by atoms with E-state index in [4.69, 9.17) is 24.7 Å². The van der Waals surface area contributed by atoms with Crippen LogP contribution in [0.2, 0.25) is 0 Å². The van der Waals surface area contributed by atoms with Crippen LogP contribution in [0.15, 0.2) is 12.1 Å². The van der Waals surface area contributed by atoms with E-state index in [9.17, 15) is 0 Å². The molecule has 5 heteroatoms. The maximum absolute atomic E-state index is 5.93. The van der Waals surface area contributed by atoms with Gasteiger partial charge in [0, 0.05) is 6.07 Å². The van der Waals surface area contributed by atoms with Crippen molar-refractivity contribution >= 4 is 0 Å². The minimum atomic E-state index is 0.182. The zero-order valence-electron chi connectivity index (χ0n) is 11.8. The van der Waals surface area contributed by atoms with Crippen molar-refractivity contribution in [2.75, 3.05) is 19.9 Å². The highest BCUT2D eigenvalue weighted by Gasteiger charge is 2.23. The summed E-state index contributed by atoms with van der Waals surface area (Å²) in [6.07, 6.45) is 3.43. The molecule has 2 unspecified atom stereocenters. The highest BCUT2D eigenvalue weighted by Crippen LogP contribution is 2.38. The zero-order valence-corrected chi connectivity index (χ0v) is 11.8. The lowest BCUT2D eigenvalue weighted by Crippen LogP contribution is -2.18. The van der Waals surface area contributed by atoms with Gasteiger partial charge in [0.1, 0.15) is 12.4 Å². The Labute approximate surface area is 118 Å². The topological polar surface area (TPSA) is 62.9 Å². The van der Waals surface area contributed by atoms with E-state index < -0.39 is 0 Å². The van der Waals surface area contributed by atoms with Crippen LogP contribution >= 0.6 is 0 Å². The molecule has 0 saturated carbocycles. The Balaban J connectivity index is 1.70. The minimum Gasteiger partial charge on any atom is -0.490 e. The van der Waals surface area contributed by atoms with Crippen molar-refractivity contribution in [3.63, 3.8) is 0 Å². The summed E-state index contributed by atoms with van der Waals surface area (Å²) in [6.45, 7) is 3.51. The van der Waals surface area contributed by atoms with Crippen molar-refractivity contribution in [2.45, 2.75) is 38.4 Å². The van der Waals surface area contributed by atoms with Crippen molar-refractivity contribution in [3.05, 3.63) is 17.7 Å². The fourth-order valence-electron chi connectivity index (χ4n) is 2.64. The molecule has 2 aliphatic rings. The first-order chi connectivity index (χ1) is 9.76. The predicted molar refractivity (Wildman–Crippen MR) is 74.4 cm³/mol. The normalized spacial score (nSPS) is 24.1. The van der Waals surface area contributed by atoms with Gasteiger partial charge in [-0.25, -0.2) is 0 Å². The number of fused-ring (bicyclic) bond motifs is 1. The molecule has 3 rings (SSSR count). The highest BCUT2D eigenvalue weighted by molar-refractivity contribution is 5.52. The second kappa shape index (κ2) is 5.89. The van der Waals surface area contributed by atoms with E-state index in [1.165, 1.54) is 0 Å². The SMILES string of the molecule is CC1CCC(COc2cc3c(cc2CCN)OCO3)O1. The van der Waals surface area contributed by atoms with E-state index in [1.807, 2.05) is 12.1 Å². The fraction of sp³-hybridized carbons (Fsp3) is 0.600. The summed E-state index contributed by atoms with van der Waals surface area (Å²) in [5, 5.41) is 0. The molecule has 1 saturated heterocycles. The monoisotopic (exact) mass is 279 g/mol. The van der Waals surface area contributed by atoms with E-state index in [1.54, 1.807) is 0 Å². The molecule has 0 amide bonds. The summed E-state index contributed by atoms with van der Waals surface area (Å²) in [4.78, 5) is 0. The van der Waals surface area contributed by atoms with Crippen LogP contribution in [0.25, 0.3) is 0 Å². The third-order valence-electron chi connectivity index (χ3n) is 3.71.